The Bertz CT molecular complexity index is 361. The first-order valence-corrected chi connectivity index (χ1v) is 6.84. The molecule has 0 fully saturated rings. The average Bonchev–Trinajstić information content (AvgIpc) is 2.74. The molecular formula is C13H14Se. The van der Waals surface area contributed by atoms with Crippen molar-refractivity contribution >= 4 is 14.5 Å². The number of hydrogen-bond acceptors (Lipinski definition) is 0. The molecule has 0 amide bonds. The Morgan fingerprint density at radius 2 is 1.86 bits per heavy atom. The molecule has 1 atom stereocenters. The molecule has 0 nitrogen and oxygen atoms in total. The van der Waals surface area contributed by atoms with Crippen LogP contribution < -0.4 is 0 Å². The van der Waals surface area contributed by atoms with Gasteiger partial charge in [-0.15, -0.1) is 0 Å². The van der Waals surface area contributed by atoms with Crippen molar-refractivity contribution in [1.82, 2.24) is 0 Å². The SMILES string of the molecule is CCC(c1ccccc1)c1ccc[se]1. The summed E-state index contributed by atoms with van der Waals surface area (Å²) in [5, 5.41) is 0. The second kappa shape index (κ2) is 4.63. The van der Waals surface area contributed by atoms with Gasteiger partial charge < -0.3 is 0 Å². The summed E-state index contributed by atoms with van der Waals surface area (Å²) in [6.45, 7) is 2.27. The molecule has 2 rings (SSSR count). The average molecular weight is 249 g/mol. The summed E-state index contributed by atoms with van der Waals surface area (Å²) in [6, 6.07) is 15.3. The summed E-state index contributed by atoms with van der Waals surface area (Å²) < 4.78 is 1.62. The van der Waals surface area contributed by atoms with E-state index < -0.39 is 0 Å². The summed E-state index contributed by atoms with van der Waals surface area (Å²) in [7, 11) is 0. The van der Waals surface area contributed by atoms with Crippen LogP contribution in [0.3, 0.4) is 0 Å². The summed E-state index contributed by atoms with van der Waals surface area (Å²) in [5.74, 6) is 0.645. The van der Waals surface area contributed by atoms with Gasteiger partial charge in [0, 0.05) is 0 Å². The number of rotatable bonds is 3. The molecule has 14 heavy (non-hydrogen) atoms. The van der Waals surface area contributed by atoms with Crippen LogP contribution in [0.4, 0.5) is 0 Å². The third-order valence-corrected chi connectivity index (χ3v) is 4.57. The van der Waals surface area contributed by atoms with Crippen LogP contribution in [0.5, 0.6) is 0 Å². The second-order valence-electron chi connectivity index (χ2n) is 3.39. The third kappa shape index (κ3) is 2.00. The Balaban J connectivity index is 2.31. The van der Waals surface area contributed by atoms with Crippen LogP contribution in [-0.2, 0) is 0 Å². The molecule has 1 aromatic heterocycles. The van der Waals surface area contributed by atoms with Gasteiger partial charge in [0.05, 0.1) is 0 Å². The topological polar surface area (TPSA) is 0 Å². The van der Waals surface area contributed by atoms with Crippen molar-refractivity contribution in [2.75, 3.05) is 0 Å². The molecular weight excluding hydrogens is 235 g/mol. The van der Waals surface area contributed by atoms with Crippen molar-refractivity contribution in [3.05, 3.63) is 57.4 Å². The Labute approximate surface area is 91.3 Å². The van der Waals surface area contributed by atoms with Crippen LogP contribution in [-0.4, -0.2) is 14.5 Å². The minimum atomic E-state index is 0.594. The van der Waals surface area contributed by atoms with Gasteiger partial charge in [0.1, 0.15) is 0 Å². The van der Waals surface area contributed by atoms with Crippen LogP contribution in [0.1, 0.15) is 29.3 Å². The Morgan fingerprint density at radius 1 is 1.07 bits per heavy atom. The molecule has 0 aliphatic rings. The predicted octanol–water partition coefficient (Wildman–Crippen LogP) is 3.29. The molecule has 0 saturated heterocycles. The first kappa shape index (κ1) is 9.76. The van der Waals surface area contributed by atoms with Crippen molar-refractivity contribution in [2.45, 2.75) is 19.3 Å². The van der Waals surface area contributed by atoms with Crippen molar-refractivity contribution in [3.8, 4) is 0 Å². The molecule has 72 valence electrons. The standard InChI is InChI=1S/C13H14Se/c1-2-12(13-9-6-10-14-13)11-7-4-3-5-8-11/h3-10,12H,2H2,1H3. The molecule has 1 heteroatoms. The van der Waals surface area contributed by atoms with Gasteiger partial charge >= 0.3 is 91.2 Å². The van der Waals surface area contributed by atoms with Crippen LogP contribution in [0.15, 0.2) is 47.4 Å². The van der Waals surface area contributed by atoms with E-state index in [0.29, 0.717) is 20.4 Å². The van der Waals surface area contributed by atoms with E-state index in [9.17, 15) is 0 Å². The first-order chi connectivity index (χ1) is 6.92. The maximum atomic E-state index is 2.30. The van der Waals surface area contributed by atoms with Crippen LogP contribution in [0, 0.1) is 0 Å². The Kier molecular flexibility index (Phi) is 3.23. The summed E-state index contributed by atoms with van der Waals surface area (Å²) in [4.78, 5) is 2.30. The summed E-state index contributed by atoms with van der Waals surface area (Å²) in [5.41, 5.74) is 1.46. The summed E-state index contributed by atoms with van der Waals surface area (Å²) >= 11 is 0.594. The van der Waals surface area contributed by atoms with Gasteiger partial charge in [-0.25, -0.2) is 0 Å². The number of hydrogen-bond donors (Lipinski definition) is 0. The maximum absolute atomic E-state index is 2.30. The van der Waals surface area contributed by atoms with E-state index >= 15 is 0 Å². The number of benzene rings is 1. The fourth-order valence-electron chi connectivity index (χ4n) is 1.78. The van der Waals surface area contributed by atoms with Crippen molar-refractivity contribution in [1.29, 1.82) is 0 Å². The molecule has 0 aliphatic heterocycles. The van der Waals surface area contributed by atoms with Gasteiger partial charge in [-0.2, -0.15) is 0 Å². The summed E-state index contributed by atoms with van der Waals surface area (Å²) in [6.07, 6.45) is 1.21. The van der Waals surface area contributed by atoms with Crippen LogP contribution in [0.25, 0.3) is 0 Å². The van der Waals surface area contributed by atoms with Crippen LogP contribution >= 0.6 is 0 Å². The molecule has 0 spiro atoms. The Hall–Kier alpha value is -0.781. The van der Waals surface area contributed by atoms with Crippen molar-refractivity contribution in [2.24, 2.45) is 0 Å². The quantitative estimate of drug-likeness (QED) is 0.732. The van der Waals surface area contributed by atoms with Gasteiger partial charge in [-0.05, 0) is 0 Å². The Morgan fingerprint density at radius 3 is 2.43 bits per heavy atom. The molecule has 0 aliphatic carbocycles. The van der Waals surface area contributed by atoms with E-state index in [1.54, 1.807) is 4.44 Å². The van der Waals surface area contributed by atoms with Gasteiger partial charge in [0.25, 0.3) is 0 Å². The van der Waals surface area contributed by atoms with E-state index in [-0.39, 0.29) is 0 Å². The van der Waals surface area contributed by atoms with E-state index in [4.69, 9.17) is 0 Å². The second-order valence-corrected chi connectivity index (χ2v) is 5.44. The monoisotopic (exact) mass is 250 g/mol. The zero-order valence-electron chi connectivity index (χ0n) is 8.31. The molecule has 2 aromatic rings. The zero-order chi connectivity index (χ0) is 9.80. The van der Waals surface area contributed by atoms with E-state index in [1.807, 2.05) is 0 Å². The fourth-order valence-corrected chi connectivity index (χ4v) is 3.74. The minimum absolute atomic E-state index is 0.594. The molecule has 0 saturated carbocycles. The van der Waals surface area contributed by atoms with Gasteiger partial charge in [0.2, 0.25) is 0 Å². The molecule has 1 unspecified atom stereocenters. The van der Waals surface area contributed by atoms with Crippen molar-refractivity contribution in [3.63, 3.8) is 0 Å². The zero-order valence-corrected chi connectivity index (χ0v) is 10.0. The molecule has 0 N–H and O–H groups in total. The van der Waals surface area contributed by atoms with Gasteiger partial charge in [0.15, 0.2) is 0 Å². The van der Waals surface area contributed by atoms with E-state index in [0.717, 1.165) is 0 Å². The fraction of sp³-hybridized carbons (Fsp3) is 0.231. The molecule has 1 heterocycles. The molecule has 1 aromatic carbocycles. The van der Waals surface area contributed by atoms with E-state index in [2.05, 4.69) is 54.3 Å². The normalized spacial score (nSPS) is 12.6. The first-order valence-electron chi connectivity index (χ1n) is 5.00. The predicted molar refractivity (Wildman–Crippen MR) is 62.0 cm³/mol. The molecule has 0 bridgehead atoms. The molecule has 0 radical (unpaired) electrons. The third-order valence-electron chi connectivity index (χ3n) is 2.50. The van der Waals surface area contributed by atoms with Crippen molar-refractivity contribution < 1.29 is 0 Å². The van der Waals surface area contributed by atoms with Gasteiger partial charge in [-0.3, -0.25) is 0 Å². The van der Waals surface area contributed by atoms with Crippen LogP contribution in [0.2, 0.25) is 0 Å². The van der Waals surface area contributed by atoms with Gasteiger partial charge in [-0.1, -0.05) is 0 Å². The van der Waals surface area contributed by atoms with E-state index in [1.165, 1.54) is 12.0 Å².